The number of nitrogens with zero attached hydrogens (tertiary/aromatic N) is 1. The second-order valence-corrected chi connectivity index (χ2v) is 15.1. The van der Waals surface area contributed by atoms with Crippen LogP contribution < -0.4 is 4.90 Å². The third-order valence-electron chi connectivity index (χ3n) is 11.6. The maximum Gasteiger partial charge on any atom is 0.148 e. The molecule has 0 N–H and O–H groups in total. The van der Waals surface area contributed by atoms with E-state index in [1.807, 2.05) is 83.8 Å². The van der Waals surface area contributed by atoms with Gasteiger partial charge in [0.15, 0.2) is 0 Å². The van der Waals surface area contributed by atoms with Crippen molar-refractivity contribution < 1.29 is 4.39 Å². The minimum Gasteiger partial charge on any atom is -0.307 e. The van der Waals surface area contributed by atoms with E-state index in [-0.39, 0.29) is 5.82 Å². The Kier molecular flexibility index (Phi) is 8.08. The molecular weight excluding hydrogens is 706 g/mol. The van der Waals surface area contributed by atoms with Gasteiger partial charge in [-0.1, -0.05) is 152 Å². The van der Waals surface area contributed by atoms with E-state index < -0.39 is 0 Å². The van der Waals surface area contributed by atoms with Crippen LogP contribution in [0.4, 0.5) is 21.5 Å². The SMILES string of the molecule is Fc1cc(-c2ccccc2)cc(-c2ccccc2)c1N(c1ccccc1)c1ccc(-c2cc3ccc4cc(-c5ccc6ccccc6c5)cc5ccc(c2)c3c45)cc1. The smallest absolute Gasteiger partial charge is 0.148 e. The molecule has 1 nitrogen and oxygen atoms in total. The third kappa shape index (κ3) is 5.86. The molecule has 0 saturated heterocycles. The van der Waals surface area contributed by atoms with Crippen LogP contribution in [0.15, 0.2) is 218 Å². The number of anilines is 3. The van der Waals surface area contributed by atoms with E-state index >= 15 is 4.39 Å². The van der Waals surface area contributed by atoms with Gasteiger partial charge in [-0.05, 0) is 149 Å². The van der Waals surface area contributed by atoms with E-state index in [1.54, 1.807) is 6.07 Å². The molecule has 11 aromatic carbocycles. The fourth-order valence-corrected chi connectivity index (χ4v) is 8.79. The quantitative estimate of drug-likeness (QED) is 0.147. The van der Waals surface area contributed by atoms with Crippen LogP contribution in [0.3, 0.4) is 0 Å². The van der Waals surface area contributed by atoms with Crippen molar-refractivity contribution in [3.8, 4) is 44.5 Å². The van der Waals surface area contributed by atoms with Crippen molar-refractivity contribution in [2.24, 2.45) is 0 Å². The number of hydrogen-bond acceptors (Lipinski definition) is 1. The Morgan fingerprint density at radius 2 is 0.690 bits per heavy atom. The maximum absolute atomic E-state index is 16.9. The molecule has 0 atom stereocenters. The van der Waals surface area contributed by atoms with Gasteiger partial charge in [0.1, 0.15) is 5.82 Å². The van der Waals surface area contributed by atoms with Gasteiger partial charge in [-0.25, -0.2) is 4.39 Å². The van der Waals surface area contributed by atoms with Gasteiger partial charge in [0.05, 0.1) is 5.69 Å². The molecule has 0 aromatic heterocycles. The van der Waals surface area contributed by atoms with Crippen LogP contribution in [0.5, 0.6) is 0 Å². The van der Waals surface area contributed by atoms with Crippen molar-refractivity contribution >= 4 is 60.2 Å². The minimum atomic E-state index is -0.287. The van der Waals surface area contributed by atoms with Gasteiger partial charge in [0, 0.05) is 16.9 Å². The summed E-state index contributed by atoms with van der Waals surface area (Å²) in [6.45, 7) is 0. The van der Waals surface area contributed by atoms with Gasteiger partial charge < -0.3 is 4.90 Å². The Labute approximate surface area is 336 Å². The summed E-state index contributed by atoms with van der Waals surface area (Å²) < 4.78 is 16.9. The number of benzene rings is 11. The average Bonchev–Trinajstić information content (AvgIpc) is 3.29. The second-order valence-electron chi connectivity index (χ2n) is 15.1. The summed E-state index contributed by atoms with van der Waals surface area (Å²) in [5.41, 5.74) is 10.5. The Hall–Kier alpha value is -7.55. The predicted molar refractivity (Wildman–Crippen MR) is 244 cm³/mol. The molecule has 0 bridgehead atoms. The molecule has 0 spiro atoms. The number of rotatable bonds is 7. The van der Waals surface area contributed by atoms with Crippen molar-refractivity contribution in [1.82, 2.24) is 0 Å². The van der Waals surface area contributed by atoms with Gasteiger partial charge >= 0.3 is 0 Å². The van der Waals surface area contributed by atoms with Crippen LogP contribution >= 0.6 is 0 Å². The normalized spacial score (nSPS) is 11.5. The molecule has 58 heavy (non-hydrogen) atoms. The highest BCUT2D eigenvalue weighted by Gasteiger charge is 2.23. The van der Waals surface area contributed by atoms with E-state index in [9.17, 15) is 0 Å². The topological polar surface area (TPSA) is 3.24 Å². The Morgan fingerprint density at radius 3 is 1.29 bits per heavy atom. The molecule has 2 heteroatoms. The van der Waals surface area contributed by atoms with Crippen molar-refractivity contribution in [2.45, 2.75) is 0 Å². The summed E-state index contributed by atoms with van der Waals surface area (Å²) in [6, 6.07) is 76.1. The zero-order valence-electron chi connectivity index (χ0n) is 31.6. The molecule has 0 aliphatic carbocycles. The molecular formula is C56H36FN. The molecule has 0 aliphatic rings. The molecule has 11 aromatic rings. The molecule has 0 saturated carbocycles. The van der Waals surface area contributed by atoms with Gasteiger partial charge in [-0.2, -0.15) is 0 Å². The number of para-hydroxylation sites is 1. The lowest BCUT2D eigenvalue weighted by molar-refractivity contribution is 0.630. The minimum absolute atomic E-state index is 0.287. The second kappa shape index (κ2) is 13.9. The summed E-state index contributed by atoms with van der Waals surface area (Å²) in [6.07, 6.45) is 0. The summed E-state index contributed by atoms with van der Waals surface area (Å²) in [5, 5.41) is 10.0. The lowest BCUT2D eigenvalue weighted by Crippen LogP contribution is -2.13. The standard InChI is InChI=1S/C56H36FN/c57-53-36-49(37-12-4-1-5-13-37)35-52(40-15-6-2-7-16-40)56(53)58(50-18-8-3-9-19-50)51-28-26-39(27-29-51)47-31-43-22-24-45-33-48(34-46-25-23-44(32-47)54(43)55(45)46)42-21-20-38-14-10-11-17-41(38)30-42/h1-36H. The van der Waals surface area contributed by atoms with E-state index in [0.29, 0.717) is 5.69 Å². The van der Waals surface area contributed by atoms with Crippen LogP contribution in [-0.4, -0.2) is 0 Å². The summed E-state index contributed by atoms with van der Waals surface area (Å²) in [4.78, 5) is 2.04. The van der Waals surface area contributed by atoms with Crippen molar-refractivity contribution in [3.63, 3.8) is 0 Å². The van der Waals surface area contributed by atoms with Crippen LogP contribution in [0.25, 0.3) is 87.6 Å². The van der Waals surface area contributed by atoms with Crippen LogP contribution in [0, 0.1) is 5.82 Å². The molecule has 0 amide bonds. The molecule has 0 unspecified atom stereocenters. The van der Waals surface area contributed by atoms with Crippen molar-refractivity contribution in [3.05, 3.63) is 224 Å². The Morgan fingerprint density at radius 1 is 0.276 bits per heavy atom. The van der Waals surface area contributed by atoms with E-state index in [4.69, 9.17) is 0 Å². The zero-order valence-corrected chi connectivity index (χ0v) is 31.6. The number of hydrogen-bond donors (Lipinski definition) is 0. The van der Waals surface area contributed by atoms with Gasteiger partial charge in [-0.15, -0.1) is 0 Å². The highest BCUT2D eigenvalue weighted by molar-refractivity contribution is 6.24. The highest BCUT2D eigenvalue weighted by Crippen LogP contribution is 2.45. The van der Waals surface area contributed by atoms with Gasteiger partial charge in [0.2, 0.25) is 0 Å². The first-order chi connectivity index (χ1) is 28.6. The highest BCUT2D eigenvalue weighted by atomic mass is 19.1. The monoisotopic (exact) mass is 741 g/mol. The first kappa shape index (κ1) is 33.8. The predicted octanol–water partition coefficient (Wildman–Crippen LogP) is 16.0. The largest absolute Gasteiger partial charge is 0.307 e. The average molecular weight is 742 g/mol. The number of fused-ring (bicyclic) bond motifs is 1. The first-order valence-corrected chi connectivity index (χ1v) is 19.8. The van der Waals surface area contributed by atoms with Crippen LogP contribution in [-0.2, 0) is 0 Å². The lowest BCUT2D eigenvalue weighted by Gasteiger charge is -2.29. The number of halogens is 1. The molecule has 272 valence electrons. The van der Waals surface area contributed by atoms with E-state index in [1.165, 1.54) is 54.2 Å². The fourth-order valence-electron chi connectivity index (χ4n) is 8.79. The molecule has 11 rings (SSSR count). The summed E-state index contributed by atoms with van der Waals surface area (Å²) in [5.74, 6) is -0.287. The van der Waals surface area contributed by atoms with Gasteiger partial charge in [-0.3, -0.25) is 0 Å². The fraction of sp³-hybridized carbons (Fsp3) is 0. The molecule has 0 aliphatic heterocycles. The first-order valence-electron chi connectivity index (χ1n) is 19.8. The Bertz CT molecular complexity index is 3200. The van der Waals surface area contributed by atoms with Crippen molar-refractivity contribution in [1.29, 1.82) is 0 Å². The molecule has 0 heterocycles. The summed E-state index contributed by atoms with van der Waals surface area (Å²) in [7, 11) is 0. The third-order valence-corrected chi connectivity index (χ3v) is 11.6. The van der Waals surface area contributed by atoms with E-state index in [0.717, 1.165) is 44.8 Å². The van der Waals surface area contributed by atoms with Gasteiger partial charge in [0.25, 0.3) is 0 Å². The van der Waals surface area contributed by atoms with Crippen molar-refractivity contribution in [2.75, 3.05) is 4.90 Å². The van der Waals surface area contributed by atoms with Crippen LogP contribution in [0.1, 0.15) is 0 Å². The summed E-state index contributed by atoms with van der Waals surface area (Å²) >= 11 is 0. The lowest BCUT2D eigenvalue weighted by atomic mass is 9.89. The van der Waals surface area contributed by atoms with E-state index in [2.05, 4.69) is 133 Å². The maximum atomic E-state index is 16.9. The molecule has 0 radical (unpaired) electrons. The molecule has 0 fully saturated rings. The Balaban J connectivity index is 1.000. The zero-order chi connectivity index (χ0) is 38.6. The van der Waals surface area contributed by atoms with Crippen LogP contribution in [0.2, 0.25) is 0 Å².